The lowest BCUT2D eigenvalue weighted by molar-refractivity contribution is 0.0938. The maximum Gasteiger partial charge on any atom is 0.252 e. The summed E-state index contributed by atoms with van der Waals surface area (Å²) in [6.07, 6.45) is 0.751. The molecule has 0 aliphatic carbocycles. The topological polar surface area (TPSA) is 29.1 Å². The standard InChI is InChI=1S/C12H14Br2ClNO/c1-7(15)5-8(2)16-12(17)10-4-3-9(13)6-11(10)14/h3-4,6-8H,5H2,1-2H3,(H,16,17). The molecule has 1 rings (SSSR count). The Morgan fingerprint density at radius 1 is 1.41 bits per heavy atom. The molecule has 0 saturated heterocycles. The summed E-state index contributed by atoms with van der Waals surface area (Å²) in [6.45, 7) is 3.86. The van der Waals surface area contributed by atoms with Gasteiger partial charge in [-0.05, 0) is 54.4 Å². The van der Waals surface area contributed by atoms with E-state index in [0.717, 1.165) is 15.4 Å². The number of hydrogen-bond acceptors (Lipinski definition) is 1. The van der Waals surface area contributed by atoms with Crippen molar-refractivity contribution in [3.8, 4) is 0 Å². The third-order valence-electron chi connectivity index (χ3n) is 2.23. The molecule has 0 aromatic heterocycles. The maximum atomic E-state index is 12.0. The van der Waals surface area contributed by atoms with Crippen LogP contribution in [0.15, 0.2) is 27.1 Å². The van der Waals surface area contributed by atoms with Gasteiger partial charge in [0.25, 0.3) is 5.91 Å². The zero-order chi connectivity index (χ0) is 13.0. The second kappa shape index (κ2) is 6.76. The molecule has 0 bridgehead atoms. The number of benzene rings is 1. The highest BCUT2D eigenvalue weighted by Gasteiger charge is 2.14. The normalized spacial score (nSPS) is 14.2. The predicted octanol–water partition coefficient (Wildman–Crippen LogP) is 4.35. The minimum atomic E-state index is -0.0887. The summed E-state index contributed by atoms with van der Waals surface area (Å²) in [4.78, 5) is 12.0. The lowest BCUT2D eigenvalue weighted by Crippen LogP contribution is -2.34. The monoisotopic (exact) mass is 381 g/mol. The van der Waals surface area contributed by atoms with E-state index in [1.54, 1.807) is 6.07 Å². The SMILES string of the molecule is CC(Cl)CC(C)NC(=O)c1ccc(Br)cc1Br. The molecule has 2 unspecified atom stereocenters. The fourth-order valence-electron chi connectivity index (χ4n) is 1.52. The first-order chi connectivity index (χ1) is 7.90. The van der Waals surface area contributed by atoms with E-state index in [4.69, 9.17) is 11.6 Å². The van der Waals surface area contributed by atoms with Gasteiger partial charge in [0, 0.05) is 20.4 Å². The van der Waals surface area contributed by atoms with Gasteiger partial charge in [-0.3, -0.25) is 4.79 Å². The van der Waals surface area contributed by atoms with Crippen LogP contribution in [0, 0.1) is 0 Å². The van der Waals surface area contributed by atoms with E-state index >= 15 is 0 Å². The lowest BCUT2D eigenvalue weighted by Gasteiger charge is -2.15. The molecule has 0 fully saturated rings. The quantitative estimate of drug-likeness (QED) is 0.770. The van der Waals surface area contributed by atoms with Crippen molar-refractivity contribution in [3.05, 3.63) is 32.7 Å². The molecule has 2 atom stereocenters. The molecule has 0 aliphatic rings. The average Bonchev–Trinajstić information content (AvgIpc) is 2.15. The van der Waals surface area contributed by atoms with Gasteiger partial charge in [0.2, 0.25) is 0 Å². The van der Waals surface area contributed by atoms with E-state index < -0.39 is 0 Å². The first kappa shape index (κ1) is 15.0. The average molecular weight is 384 g/mol. The first-order valence-electron chi connectivity index (χ1n) is 5.30. The molecule has 2 nitrogen and oxygen atoms in total. The number of carbonyl (C=O) groups excluding carboxylic acids is 1. The highest BCUT2D eigenvalue weighted by molar-refractivity contribution is 9.11. The fourth-order valence-corrected chi connectivity index (χ4v) is 3.02. The Labute approximate surface area is 123 Å². The summed E-state index contributed by atoms with van der Waals surface area (Å²) in [7, 11) is 0. The number of halogens is 3. The Balaban J connectivity index is 2.70. The molecular weight excluding hydrogens is 369 g/mol. The molecule has 0 radical (unpaired) electrons. The Hall–Kier alpha value is -0.0600. The molecular formula is C12H14Br2ClNO. The summed E-state index contributed by atoms with van der Waals surface area (Å²) < 4.78 is 1.71. The van der Waals surface area contributed by atoms with Crippen molar-refractivity contribution in [1.29, 1.82) is 0 Å². The van der Waals surface area contributed by atoms with Crippen LogP contribution < -0.4 is 5.32 Å². The van der Waals surface area contributed by atoms with Crippen LogP contribution in [0.3, 0.4) is 0 Å². The summed E-state index contributed by atoms with van der Waals surface area (Å²) in [5.41, 5.74) is 0.627. The number of nitrogens with one attached hydrogen (secondary N) is 1. The van der Waals surface area contributed by atoms with Crippen LogP contribution in [0.2, 0.25) is 0 Å². The molecule has 5 heteroatoms. The maximum absolute atomic E-state index is 12.0. The van der Waals surface area contributed by atoms with Gasteiger partial charge < -0.3 is 5.32 Å². The highest BCUT2D eigenvalue weighted by atomic mass is 79.9. The van der Waals surface area contributed by atoms with Crippen molar-refractivity contribution in [2.24, 2.45) is 0 Å². The van der Waals surface area contributed by atoms with Crippen LogP contribution in [0.25, 0.3) is 0 Å². The molecule has 0 aliphatic heterocycles. The summed E-state index contributed by atoms with van der Waals surface area (Å²) in [5.74, 6) is -0.0887. The van der Waals surface area contributed by atoms with E-state index in [1.165, 1.54) is 0 Å². The van der Waals surface area contributed by atoms with E-state index in [9.17, 15) is 4.79 Å². The lowest BCUT2D eigenvalue weighted by atomic mass is 10.1. The molecule has 1 aromatic carbocycles. The summed E-state index contributed by atoms with van der Waals surface area (Å²) in [6, 6.07) is 5.53. The largest absolute Gasteiger partial charge is 0.349 e. The minimum absolute atomic E-state index is 0.0543. The van der Waals surface area contributed by atoms with Crippen LogP contribution >= 0.6 is 43.5 Å². The number of rotatable bonds is 4. The molecule has 94 valence electrons. The highest BCUT2D eigenvalue weighted by Crippen LogP contribution is 2.22. The zero-order valence-corrected chi connectivity index (χ0v) is 13.6. The van der Waals surface area contributed by atoms with Crippen molar-refractivity contribution < 1.29 is 4.79 Å². The Morgan fingerprint density at radius 2 is 2.06 bits per heavy atom. The van der Waals surface area contributed by atoms with Crippen LogP contribution in [0.5, 0.6) is 0 Å². The fraction of sp³-hybridized carbons (Fsp3) is 0.417. The van der Waals surface area contributed by atoms with Gasteiger partial charge in [-0.1, -0.05) is 15.9 Å². The Kier molecular flexibility index (Phi) is 5.97. The van der Waals surface area contributed by atoms with Gasteiger partial charge in [-0.25, -0.2) is 0 Å². The third-order valence-corrected chi connectivity index (χ3v) is 3.56. The van der Waals surface area contributed by atoms with Crippen molar-refractivity contribution in [2.45, 2.75) is 31.7 Å². The van der Waals surface area contributed by atoms with Gasteiger partial charge in [0.15, 0.2) is 0 Å². The number of alkyl halides is 1. The Morgan fingerprint density at radius 3 is 2.59 bits per heavy atom. The molecule has 0 saturated carbocycles. The number of amides is 1. The smallest absolute Gasteiger partial charge is 0.252 e. The van der Waals surface area contributed by atoms with Gasteiger partial charge in [0.05, 0.1) is 5.56 Å². The van der Waals surface area contributed by atoms with E-state index in [1.807, 2.05) is 26.0 Å². The van der Waals surface area contributed by atoms with Crippen LogP contribution in [0.1, 0.15) is 30.6 Å². The van der Waals surface area contributed by atoms with Crippen LogP contribution in [-0.4, -0.2) is 17.3 Å². The van der Waals surface area contributed by atoms with Gasteiger partial charge in [-0.2, -0.15) is 0 Å². The van der Waals surface area contributed by atoms with Gasteiger partial charge in [-0.15, -0.1) is 11.6 Å². The summed E-state index contributed by atoms with van der Waals surface area (Å²) >= 11 is 12.6. The van der Waals surface area contributed by atoms with Crippen molar-refractivity contribution in [3.63, 3.8) is 0 Å². The Bertz CT molecular complexity index is 409. The molecule has 17 heavy (non-hydrogen) atoms. The number of hydrogen-bond donors (Lipinski definition) is 1. The van der Waals surface area contributed by atoms with Crippen LogP contribution in [0.4, 0.5) is 0 Å². The second-order valence-electron chi connectivity index (χ2n) is 4.02. The zero-order valence-electron chi connectivity index (χ0n) is 9.64. The van der Waals surface area contributed by atoms with Crippen LogP contribution in [-0.2, 0) is 0 Å². The number of carbonyl (C=O) groups is 1. The van der Waals surface area contributed by atoms with Crippen molar-refractivity contribution >= 4 is 49.4 Å². The molecule has 0 spiro atoms. The van der Waals surface area contributed by atoms with Gasteiger partial charge >= 0.3 is 0 Å². The van der Waals surface area contributed by atoms with E-state index in [2.05, 4.69) is 37.2 Å². The summed E-state index contributed by atoms with van der Waals surface area (Å²) in [5, 5.41) is 2.97. The molecule has 1 amide bonds. The molecule has 1 aromatic rings. The molecule has 1 N–H and O–H groups in total. The van der Waals surface area contributed by atoms with E-state index in [0.29, 0.717) is 5.56 Å². The molecule has 0 heterocycles. The van der Waals surface area contributed by atoms with Crippen molar-refractivity contribution in [2.75, 3.05) is 0 Å². The second-order valence-corrected chi connectivity index (χ2v) is 6.53. The van der Waals surface area contributed by atoms with Gasteiger partial charge in [0.1, 0.15) is 0 Å². The first-order valence-corrected chi connectivity index (χ1v) is 7.32. The van der Waals surface area contributed by atoms with Crippen molar-refractivity contribution in [1.82, 2.24) is 5.32 Å². The van der Waals surface area contributed by atoms with E-state index in [-0.39, 0.29) is 17.3 Å². The minimum Gasteiger partial charge on any atom is -0.349 e. The predicted molar refractivity (Wildman–Crippen MR) is 78.7 cm³/mol. The third kappa shape index (κ3) is 4.98.